The first-order valence-electron chi connectivity index (χ1n) is 7.54. The summed E-state index contributed by atoms with van der Waals surface area (Å²) in [6.07, 6.45) is 10.2. The van der Waals surface area contributed by atoms with E-state index >= 15 is 0 Å². The molecule has 1 saturated carbocycles. The van der Waals surface area contributed by atoms with Crippen molar-refractivity contribution < 1.29 is 28.8 Å². The van der Waals surface area contributed by atoms with E-state index in [1.54, 1.807) is 0 Å². The number of rotatable bonds is 3. The van der Waals surface area contributed by atoms with Gasteiger partial charge in [0.05, 0.1) is 0 Å². The summed E-state index contributed by atoms with van der Waals surface area (Å²) in [5.74, 6) is -0.375. The maximum atomic E-state index is 11.3. The standard InChI is InChI=1S/C7H13BrN2O2.C6H12.2H3N.H3O4P/c1-3-7(8,4-2)5(11)10-6(9)12;1-2-4-6-5-3-1;;;1-5(2,3)4/h3-4H2,1-2H3,(H3,9,10,11,12);1-6H2;2*1H3;(H3,1,2,3,4). The summed E-state index contributed by atoms with van der Waals surface area (Å²) in [6.45, 7) is 3.72. The molecule has 0 aromatic carbocycles. The van der Waals surface area contributed by atoms with E-state index in [2.05, 4.69) is 15.9 Å². The quantitative estimate of drug-likeness (QED) is 0.248. The second kappa shape index (κ2) is 16.9. The molecule has 1 aliphatic rings. The van der Waals surface area contributed by atoms with Gasteiger partial charge in [0, 0.05) is 0 Å². The van der Waals surface area contributed by atoms with Crippen LogP contribution in [0, 0.1) is 0 Å². The summed E-state index contributed by atoms with van der Waals surface area (Å²) in [7, 11) is -4.64. The van der Waals surface area contributed by atoms with Crippen molar-refractivity contribution in [3.8, 4) is 0 Å². The molecule has 25 heavy (non-hydrogen) atoms. The number of urea groups is 1. The number of carbonyl (C=O) groups is 2. The lowest BCUT2D eigenvalue weighted by molar-refractivity contribution is -0.122. The van der Waals surface area contributed by atoms with E-state index in [0.717, 1.165) is 0 Å². The van der Waals surface area contributed by atoms with Crippen LogP contribution in [0.25, 0.3) is 0 Å². The number of imide groups is 1. The molecule has 154 valence electrons. The molecule has 1 rings (SSSR count). The minimum absolute atomic E-state index is 0. The van der Waals surface area contributed by atoms with Crippen molar-refractivity contribution in [2.75, 3.05) is 0 Å². The van der Waals surface area contributed by atoms with Crippen LogP contribution >= 0.6 is 23.8 Å². The van der Waals surface area contributed by atoms with Crippen molar-refractivity contribution in [2.45, 2.75) is 69.5 Å². The van der Waals surface area contributed by atoms with E-state index < -0.39 is 18.2 Å². The summed E-state index contributed by atoms with van der Waals surface area (Å²) in [4.78, 5) is 43.2. The van der Waals surface area contributed by atoms with Gasteiger partial charge in [0.2, 0.25) is 5.91 Å². The van der Waals surface area contributed by atoms with Crippen LogP contribution in [0.2, 0.25) is 0 Å². The SMILES string of the molecule is C1CCCCC1.CCC(Br)(CC)C(=O)NC(N)=O.N.N.O=P(O)(O)O. The van der Waals surface area contributed by atoms with Crippen molar-refractivity contribution >= 4 is 35.7 Å². The molecule has 0 atom stereocenters. The Balaban J connectivity index is -0.000000143. The molecule has 1 aliphatic carbocycles. The van der Waals surface area contributed by atoms with Gasteiger partial charge in [0.25, 0.3) is 0 Å². The Labute approximate surface area is 157 Å². The predicted octanol–water partition coefficient (Wildman–Crippen LogP) is 2.87. The Morgan fingerprint density at radius 3 is 1.40 bits per heavy atom. The highest BCUT2D eigenvalue weighted by atomic mass is 79.9. The molecule has 12 heteroatoms. The molecule has 0 heterocycles. The first-order chi connectivity index (χ1) is 10.5. The van der Waals surface area contributed by atoms with Crippen molar-refractivity contribution in [1.29, 1.82) is 0 Å². The van der Waals surface area contributed by atoms with Crippen LogP contribution < -0.4 is 23.4 Å². The Bertz CT molecular complexity index is 380. The third-order valence-corrected chi connectivity index (χ3v) is 4.75. The number of nitrogens with one attached hydrogen (secondary N) is 1. The van der Waals surface area contributed by atoms with Gasteiger partial charge >= 0.3 is 13.9 Å². The van der Waals surface area contributed by atoms with E-state index in [-0.39, 0.29) is 18.2 Å². The molecule has 10 nitrogen and oxygen atoms in total. The Morgan fingerprint density at radius 2 is 1.24 bits per heavy atom. The molecule has 0 aliphatic heterocycles. The molecule has 3 amide bonds. The number of alkyl halides is 1. The zero-order chi connectivity index (χ0) is 18.5. The molecule has 0 unspecified atom stereocenters. The van der Waals surface area contributed by atoms with Crippen LogP contribution in [-0.2, 0) is 9.36 Å². The lowest BCUT2D eigenvalue weighted by Crippen LogP contribution is -2.46. The minimum atomic E-state index is -4.64. The fraction of sp³-hybridized carbons (Fsp3) is 0.846. The summed E-state index contributed by atoms with van der Waals surface area (Å²) in [5, 5.41) is 2.04. The Hall–Kier alpha value is -0.550. The second-order valence-electron chi connectivity index (χ2n) is 5.13. The topological polar surface area (TPSA) is 220 Å². The van der Waals surface area contributed by atoms with Gasteiger partial charge in [0.15, 0.2) is 0 Å². The monoisotopic (exact) mass is 452 g/mol. The predicted molar refractivity (Wildman–Crippen MR) is 102 cm³/mol. The Morgan fingerprint density at radius 1 is 1.00 bits per heavy atom. The fourth-order valence-electron chi connectivity index (χ4n) is 1.86. The molecule has 0 radical (unpaired) electrons. The summed E-state index contributed by atoms with van der Waals surface area (Å²) in [5.41, 5.74) is 4.81. The van der Waals surface area contributed by atoms with Crippen LogP contribution in [0.4, 0.5) is 4.79 Å². The number of nitrogens with two attached hydrogens (primary N) is 1. The van der Waals surface area contributed by atoms with Gasteiger partial charge < -0.3 is 32.7 Å². The van der Waals surface area contributed by atoms with E-state index in [1.165, 1.54) is 38.5 Å². The third kappa shape index (κ3) is 23.4. The van der Waals surface area contributed by atoms with Gasteiger partial charge in [-0.1, -0.05) is 68.3 Å². The van der Waals surface area contributed by atoms with Crippen molar-refractivity contribution in [3.63, 3.8) is 0 Å². The molecule has 0 bridgehead atoms. The minimum Gasteiger partial charge on any atom is -0.351 e. The number of amides is 3. The van der Waals surface area contributed by atoms with Crippen LogP contribution in [0.5, 0.6) is 0 Å². The molecule has 0 saturated heterocycles. The van der Waals surface area contributed by atoms with Crippen LogP contribution in [0.15, 0.2) is 0 Å². The maximum Gasteiger partial charge on any atom is 0.466 e. The van der Waals surface area contributed by atoms with E-state index in [1.807, 2.05) is 19.2 Å². The zero-order valence-electron chi connectivity index (χ0n) is 15.0. The van der Waals surface area contributed by atoms with Gasteiger partial charge in [-0.05, 0) is 12.8 Å². The van der Waals surface area contributed by atoms with Gasteiger partial charge in [0.1, 0.15) is 4.32 Å². The second-order valence-corrected chi connectivity index (χ2v) is 7.67. The highest BCUT2D eigenvalue weighted by molar-refractivity contribution is 9.10. The summed E-state index contributed by atoms with van der Waals surface area (Å²) < 4.78 is 8.22. The van der Waals surface area contributed by atoms with E-state index in [4.69, 9.17) is 25.0 Å². The zero-order valence-corrected chi connectivity index (χ0v) is 17.5. The maximum absolute atomic E-state index is 11.3. The van der Waals surface area contributed by atoms with Crippen LogP contribution in [0.3, 0.4) is 0 Å². The fourth-order valence-corrected chi connectivity index (χ4v) is 1.95. The number of phosphoric acid groups is 1. The smallest absolute Gasteiger partial charge is 0.351 e. The molecule has 0 spiro atoms. The van der Waals surface area contributed by atoms with Gasteiger partial charge in [-0.2, -0.15) is 0 Å². The van der Waals surface area contributed by atoms with Gasteiger partial charge in [-0.25, -0.2) is 9.36 Å². The molecule has 0 aromatic rings. The van der Waals surface area contributed by atoms with Gasteiger partial charge in [-0.3, -0.25) is 10.1 Å². The highest BCUT2D eigenvalue weighted by Crippen LogP contribution is 2.26. The highest BCUT2D eigenvalue weighted by Gasteiger charge is 2.32. The summed E-state index contributed by atoms with van der Waals surface area (Å²) >= 11 is 3.26. The van der Waals surface area contributed by atoms with Gasteiger partial charge in [-0.15, -0.1) is 0 Å². The first-order valence-corrected chi connectivity index (χ1v) is 9.90. The third-order valence-electron chi connectivity index (χ3n) is 3.26. The van der Waals surface area contributed by atoms with E-state index in [0.29, 0.717) is 12.8 Å². The number of hydrogen-bond donors (Lipinski definition) is 7. The van der Waals surface area contributed by atoms with Crippen molar-refractivity contribution in [3.05, 3.63) is 0 Å². The largest absolute Gasteiger partial charge is 0.466 e. The molecule has 1 fully saturated rings. The molecular formula is C13H34BrN4O6P. The summed E-state index contributed by atoms with van der Waals surface area (Å²) in [6, 6.07) is -0.814. The van der Waals surface area contributed by atoms with E-state index in [9.17, 15) is 9.59 Å². The average Bonchev–Trinajstić information content (AvgIpc) is 2.46. The number of primary amides is 1. The molecular weight excluding hydrogens is 419 g/mol. The molecule has 12 N–H and O–H groups in total. The Kier molecular flexibility index (Phi) is 21.7. The normalized spacial score (nSPS) is 13.4. The number of hydrogen-bond acceptors (Lipinski definition) is 5. The van der Waals surface area contributed by atoms with Crippen molar-refractivity contribution in [1.82, 2.24) is 17.6 Å². The first kappa shape index (κ1) is 32.1. The molecule has 0 aromatic heterocycles. The van der Waals surface area contributed by atoms with Crippen LogP contribution in [-0.4, -0.2) is 30.9 Å². The van der Waals surface area contributed by atoms with Crippen molar-refractivity contribution in [2.24, 2.45) is 5.73 Å². The lowest BCUT2D eigenvalue weighted by atomic mass is 10.0. The average molecular weight is 453 g/mol. The number of carbonyl (C=O) groups excluding carboxylic acids is 2. The number of halogens is 1. The van der Waals surface area contributed by atoms with Crippen LogP contribution in [0.1, 0.15) is 65.2 Å². The lowest BCUT2D eigenvalue weighted by Gasteiger charge is -2.21.